The van der Waals surface area contributed by atoms with Crippen LogP contribution < -0.4 is 15.0 Å². The zero-order valence-corrected chi connectivity index (χ0v) is 17.3. The predicted molar refractivity (Wildman–Crippen MR) is 114 cm³/mol. The van der Waals surface area contributed by atoms with E-state index in [0.29, 0.717) is 10.5 Å². The molecule has 1 aliphatic heterocycles. The molecule has 0 aromatic heterocycles. The summed E-state index contributed by atoms with van der Waals surface area (Å²) in [6.07, 6.45) is 2.74. The van der Waals surface area contributed by atoms with E-state index in [1.807, 2.05) is 50.3 Å². The number of carbonyl (C=O) groups is 2. The Morgan fingerprint density at radius 2 is 1.96 bits per heavy atom. The molecule has 0 radical (unpaired) electrons. The van der Waals surface area contributed by atoms with Gasteiger partial charge in [0.25, 0.3) is 11.8 Å². The van der Waals surface area contributed by atoms with E-state index in [1.165, 1.54) is 11.8 Å². The molecular formula is C22H24N2O3S. The Morgan fingerprint density at radius 3 is 2.61 bits per heavy atom. The van der Waals surface area contributed by atoms with E-state index in [-0.39, 0.29) is 17.9 Å². The summed E-state index contributed by atoms with van der Waals surface area (Å²) in [6.45, 7) is 4.00. The zero-order chi connectivity index (χ0) is 20.3. The highest BCUT2D eigenvalue weighted by molar-refractivity contribution is 8.04. The van der Waals surface area contributed by atoms with Gasteiger partial charge in [-0.15, -0.1) is 0 Å². The Morgan fingerprint density at radius 1 is 1.25 bits per heavy atom. The minimum absolute atomic E-state index is 0.0900. The lowest BCUT2D eigenvalue weighted by Gasteiger charge is -2.27. The largest absolute Gasteiger partial charge is 0.497 e. The van der Waals surface area contributed by atoms with E-state index in [1.54, 1.807) is 31.2 Å². The second kappa shape index (κ2) is 8.52. The number of ether oxygens (including phenoxy) is 1. The molecule has 1 heterocycles. The molecule has 6 heteroatoms. The van der Waals surface area contributed by atoms with E-state index in [2.05, 4.69) is 5.32 Å². The minimum atomic E-state index is -0.123. The van der Waals surface area contributed by atoms with Crippen molar-refractivity contribution in [2.24, 2.45) is 0 Å². The summed E-state index contributed by atoms with van der Waals surface area (Å²) in [5, 5.41) is 2.96. The maximum Gasteiger partial charge on any atom is 0.264 e. The van der Waals surface area contributed by atoms with Gasteiger partial charge >= 0.3 is 0 Å². The van der Waals surface area contributed by atoms with Crippen LogP contribution in [0.1, 0.15) is 36.2 Å². The van der Waals surface area contributed by atoms with Crippen LogP contribution in [0, 0.1) is 0 Å². The first-order valence-corrected chi connectivity index (χ1v) is 10.0. The minimum Gasteiger partial charge on any atom is -0.497 e. The number of nitrogens with zero attached hydrogens (tertiary/aromatic N) is 1. The van der Waals surface area contributed by atoms with Gasteiger partial charge in [-0.05, 0) is 55.3 Å². The topological polar surface area (TPSA) is 58.6 Å². The highest BCUT2D eigenvalue weighted by Gasteiger charge is 2.27. The molecule has 0 unspecified atom stereocenters. The number of likely N-dealkylation sites (N-methyl/N-ethyl adjacent to an activating group) is 1. The highest BCUT2D eigenvalue weighted by atomic mass is 32.2. The van der Waals surface area contributed by atoms with Gasteiger partial charge in [-0.3, -0.25) is 9.59 Å². The smallest absolute Gasteiger partial charge is 0.264 e. The number of amides is 2. The second-order valence-corrected chi connectivity index (χ2v) is 7.80. The van der Waals surface area contributed by atoms with Crippen LogP contribution in [0.25, 0.3) is 6.08 Å². The zero-order valence-electron chi connectivity index (χ0n) is 16.5. The lowest BCUT2D eigenvalue weighted by Crippen LogP contribution is -2.33. The first-order chi connectivity index (χ1) is 13.4. The van der Waals surface area contributed by atoms with Gasteiger partial charge < -0.3 is 15.0 Å². The normalized spacial score (nSPS) is 15.9. The van der Waals surface area contributed by atoms with Crippen LogP contribution in [0.4, 0.5) is 5.69 Å². The maximum atomic E-state index is 12.8. The molecule has 1 N–H and O–H groups in total. The monoisotopic (exact) mass is 396 g/mol. The first kappa shape index (κ1) is 20.0. The fraction of sp³-hybridized carbons (Fsp3) is 0.273. The van der Waals surface area contributed by atoms with Gasteiger partial charge in [0.2, 0.25) is 0 Å². The quantitative estimate of drug-likeness (QED) is 0.764. The van der Waals surface area contributed by atoms with Crippen molar-refractivity contribution in [3.8, 4) is 5.75 Å². The van der Waals surface area contributed by atoms with Crippen molar-refractivity contribution in [3.63, 3.8) is 0 Å². The average Bonchev–Trinajstić information content (AvgIpc) is 2.72. The first-order valence-electron chi connectivity index (χ1n) is 9.19. The highest BCUT2D eigenvalue weighted by Crippen LogP contribution is 2.42. The van der Waals surface area contributed by atoms with Crippen LogP contribution in [0.5, 0.6) is 5.75 Å². The molecule has 0 spiro atoms. The van der Waals surface area contributed by atoms with E-state index in [4.69, 9.17) is 4.74 Å². The van der Waals surface area contributed by atoms with E-state index in [0.717, 1.165) is 28.3 Å². The number of thioether (sulfide) groups is 1. The van der Waals surface area contributed by atoms with Crippen molar-refractivity contribution in [3.05, 3.63) is 58.5 Å². The Kier molecular flexibility index (Phi) is 6.09. The molecule has 1 aliphatic rings. The van der Waals surface area contributed by atoms with Gasteiger partial charge in [0.15, 0.2) is 0 Å². The fourth-order valence-electron chi connectivity index (χ4n) is 2.80. The molecular weight excluding hydrogens is 372 g/mol. The standard InChI is InChI=1S/C22H24N2O3S/c1-5-14(2)23-21(25)16-8-11-19-18(13-16)24(3)22(26)20(28-19)12-15-6-9-17(27-4)10-7-15/h6-14H,5H2,1-4H3,(H,23,25)/b20-12-/t14-/m1/s1. The Balaban J connectivity index is 1.87. The molecule has 1 atom stereocenters. The number of methoxy groups -OCH3 is 1. The molecule has 0 saturated carbocycles. The average molecular weight is 397 g/mol. The lowest BCUT2D eigenvalue weighted by molar-refractivity contribution is -0.114. The summed E-state index contributed by atoms with van der Waals surface area (Å²) in [5.74, 6) is 0.561. The van der Waals surface area contributed by atoms with E-state index < -0.39 is 0 Å². The van der Waals surface area contributed by atoms with Crippen LogP contribution >= 0.6 is 11.8 Å². The van der Waals surface area contributed by atoms with Crippen LogP contribution in [-0.2, 0) is 4.79 Å². The predicted octanol–water partition coefficient (Wildman–Crippen LogP) is 4.33. The number of rotatable bonds is 5. The Bertz CT molecular complexity index is 922. The second-order valence-electron chi connectivity index (χ2n) is 6.71. The third-order valence-electron chi connectivity index (χ3n) is 4.72. The van der Waals surface area contributed by atoms with Crippen molar-refractivity contribution >= 4 is 35.3 Å². The molecule has 5 nitrogen and oxygen atoms in total. The van der Waals surface area contributed by atoms with Crippen molar-refractivity contribution in [2.75, 3.05) is 19.1 Å². The molecule has 3 rings (SSSR count). The number of hydrogen-bond donors (Lipinski definition) is 1. The van der Waals surface area contributed by atoms with Gasteiger partial charge in [0.1, 0.15) is 5.75 Å². The SMILES string of the molecule is CC[C@@H](C)NC(=O)c1ccc2c(c1)N(C)C(=O)/C(=C/c1ccc(OC)cc1)S2. The molecule has 2 aromatic rings. The molecule has 0 fully saturated rings. The number of nitrogens with one attached hydrogen (secondary N) is 1. The van der Waals surface area contributed by atoms with Crippen LogP contribution in [-0.4, -0.2) is 32.0 Å². The van der Waals surface area contributed by atoms with Gasteiger partial charge in [-0.25, -0.2) is 0 Å². The molecule has 146 valence electrons. The fourth-order valence-corrected chi connectivity index (χ4v) is 3.89. The number of carbonyl (C=O) groups excluding carboxylic acids is 2. The third kappa shape index (κ3) is 4.22. The third-order valence-corrected chi connectivity index (χ3v) is 5.80. The maximum absolute atomic E-state index is 12.8. The van der Waals surface area contributed by atoms with E-state index in [9.17, 15) is 9.59 Å². The number of anilines is 1. The molecule has 0 aliphatic carbocycles. The van der Waals surface area contributed by atoms with E-state index >= 15 is 0 Å². The molecule has 2 aromatic carbocycles. The van der Waals surface area contributed by atoms with Gasteiger partial charge in [0, 0.05) is 23.5 Å². The summed E-state index contributed by atoms with van der Waals surface area (Å²) in [4.78, 5) is 28.4. The number of fused-ring (bicyclic) bond motifs is 1. The summed E-state index contributed by atoms with van der Waals surface area (Å²) in [5.41, 5.74) is 2.23. The number of benzene rings is 2. The van der Waals surface area contributed by atoms with Crippen molar-refractivity contribution in [1.82, 2.24) is 5.32 Å². The number of hydrogen-bond acceptors (Lipinski definition) is 4. The van der Waals surface area contributed by atoms with Gasteiger partial charge in [0.05, 0.1) is 17.7 Å². The Hall–Kier alpha value is -2.73. The van der Waals surface area contributed by atoms with Crippen LogP contribution in [0.15, 0.2) is 52.3 Å². The van der Waals surface area contributed by atoms with Crippen molar-refractivity contribution < 1.29 is 14.3 Å². The molecule has 28 heavy (non-hydrogen) atoms. The molecule has 0 saturated heterocycles. The summed E-state index contributed by atoms with van der Waals surface area (Å²) in [7, 11) is 3.36. The van der Waals surface area contributed by atoms with Gasteiger partial charge in [-0.2, -0.15) is 0 Å². The van der Waals surface area contributed by atoms with Crippen molar-refractivity contribution in [2.45, 2.75) is 31.2 Å². The summed E-state index contributed by atoms with van der Waals surface area (Å²) in [6, 6.07) is 13.1. The van der Waals surface area contributed by atoms with Crippen LogP contribution in [0.2, 0.25) is 0 Å². The van der Waals surface area contributed by atoms with Gasteiger partial charge in [-0.1, -0.05) is 30.8 Å². The molecule has 2 amide bonds. The van der Waals surface area contributed by atoms with Crippen LogP contribution in [0.3, 0.4) is 0 Å². The van der Waals surface area contributed by atoms with Crippen molar-refractivity contribution in [1.29, 1.82) is 0 Å². The Labute approximate surface area is 169 Å². The summed E-state index contributed by atoms with van der Waals surface area (Å²) >= 11 is 1.42. The summed E-state index contributed by atoms with van der Waals surface area (Å²) < 4.78 is 5.17. The molecule has 0 bridgehead atoms. The lowest BCUT2D eigenvalue weighted by atomic mass is 10.1.